The fourth-order valence-corrected chi connectivity index (χ4v) is 3.03. The number of carbonyl (C=O) groups excluding carboxylic acids is 1. The number of hydrogen-bond acceptors (Lipinski definition) is 2. The number of hydrogen-bond donors (Lipinski definition) is 1. The molecule has 0 aromatic heterocycles. The van der Waals surface area contributed by atoms with Gasteiger partial charge < -0.3 is 10.1 Å². The number of amides is 1. The van der Waals surface area contributed by atoms with Gasteiger partial charge in [0.15, 0.2) is 0 Å². The van der Waals surface area contributed by atoms with Gasteiger partial charge in [-0.3, -0.25) is 4.79 Å². The standard InChI is InChI=1S/C23H22ClNO2/c1-3-18-8-6-7-16(2)22(18)25-23(26)20-9-4-5-10-21(20)27-15-17-11-13-19(24)14-12-17/h4-14H,3,15H2,1-2H3,(H,25,26). The maximum absolute atomic E-state index is 12.9. The van der Waals surface area contributed by atoms with Gasteiger partial charge in [0.25, 0.3) is 5.91 Å². The third-order valence-corrected chi connectivity index (χ3v) is 4.67. The molecule has 0 unspecified atom stereocenters. The minimum Gasteiger partial charge on any atom is -0.488 e. The van der Waals surface area contributed by atoms with E-state index in [1.54, 1.807) is 6.07 Å². The van der Waals surface area contributed by atoms with Gasteiger partial charge in [0.2, 0.25) is 0 Å². The Morgan fingerprint density at radius 2 is 1.74 bits per heavy atom. The van der Waals surface area contributed by atoms with Gasteiger partial charge in [-0.15, -0.1) is 0 Å². The predicted molar refractivity (Wildman–Crippen MR) is 111 cm³/mol. The van der Waals surface area contributed by atoms with Gasteiger partial charge in [0.1, 0.15) is 12.4 Å². The molecular weight excluding hydrogens is 358 g/mol. The van der Waals surface area contributed by atoms with Gasteiger partial charge in [-0.2, -0.15) is 0 Å². The highest BCUT2D eigenvalue weighted by Crippen LogP contribution is 2.25. The van der Waals surface area contributed by atoms with E-state index in [4.69, 9.17) is 16.3 Å². The normalized spacial score (nSPS) is 10.5. The molecule has 0 saturated heterocycles. The van der Waals surface area contributed by atoms with Crippen LogP contribution in [-0.4, -0.2) is 5.91 Å². The van der Waals surface area contributed by atoms with Crippen LogP contribution in [0.4, 0.5) is 5.69 Å². The molecule has 3 rings (SSSR count). The lowest BCUT2D eigenvalue weighted by Gasteiger charge is -2.15. The Balaban J connectivity index is 1.79. The van der Waals surface area contributed by atoms with Crippen molar-refractivity contribution in [1.82, 2.24) is 0 Å². The first-order valence-corrected chi connectivity index (χ1v) is 9.32. The number of benzene rings is 3. The van der Waals surface area contributed by atoms with Crippen molar-refractivity contribution >= 4 is 23.2 Å². The molecule has 1 amide bonds. The van der Waals surface area contributed by atoms with Crippen LogP contribution in [0, 0.1) is 6.92 Å². The van der Waals surface area contributed by atoms with Gasteiger partial charge >= 0.3 is 0 Å². The fraction of sp³-hybridized carbons (Fsp3) is 0.174. The number of rotatable bonds is 6. The third-order valence-electron chi connectivity index (χ3n) is 4.42. The summed E-state index contributed by atoms with van der Waals surface area (Å²) in [5.41, 5.74) is 4.53. The molecule has 0 atom stereocenters. The lowest BCUT2D eigenvalue weighted by atomic mass is 10.1. The molecule has 0 spiro atoms. The number of carbonyl (C=O) groups is 1. The summed E-state index contributed by atoms with van der Waals surface area (Å²) in [5.74, 6) is 0.377. The van der Waals surface area contributed by atoms with Crippen LogP contribution in [0.5, 0.6) is 5.75 Å². The van der Waals surface area contributed by atoms with E-state index in [1.165, 1.54) is 0 Å². The maximum Gasteiger partial charge on any atom is 0.259 e. The summed E-state index contributed by atoms with van der Waals surface area (Å²) >= 11 is 5.92. The minimum atomic E-state index is -0.175. The zero-order valence-electron chi connectivity index (χ0n) is 15.5. The molecule has 3 aromatic rings. The highest BCUT2D eigenvalue weighted by atomic mass is 35.5. The molecule has 0 aliphatic carbocycles. The number of para-hydroxylation sites is 2. The lowest BCUT2D eigenvalue weighted by molar-refractivity contribution is 0.102. The van der Waals surface area contributed by atoms with Crippen molar-refractivity contribution in [3.05, 3.63) is 94.0 Å². The minimum absolute atomic E-state index is 0.175. The summed E-state index contributed by atoms with van der Waals surface area (Å²) in [6, 6.07) is 20.8. The van der Waals surface area contributed by atoms with Gasteiger partial charge in [0.05, 0.1) is 5.56 Å². The first-order chi connectivity index (χ1) is 13.1. The van der Waals surface area contributed by atoms with E-state index in [2.05, 4.69) is 12.2 Å². The molecule has 0 aliphatic rings. The monoisotopic (exact) mass is 379 g/mol. The average Bonchev–Trinajstić information content (AvgIpc) is 2.69. The molecule has 3 nitrogen and oxygen atoms in total. The molecule has 0 saturated carbocycles. The van der Waals surface area contributed by atoms with Gasteiger partial charge in [-0.1, -0.05) is 61.0 Å². The number of anilines is 1. The Morgan fingerprint density at radius 1 is 1.00 bits per heavy atom. The van der Waals surface area contributed by atoms with Crippen molar-refractivity contribution < 1.29 is 9.53 Å². The summed E-state index contributed by atoms with van der Waals surface area (Å²) < 4.78 is 5.90. The van der Waals surface area contributed by atoms with Gasteiger partial charge in [-0.05, 0) is 54.3 Å². The largest absolute Gasteiger partial charge is 0.488 e. The van der Waals surface area contributed by atoms with E-state index >= 15 is 0 Å². The van der Waals surface area contributed by atoms with E-state index < -0.39 is 0 Å². The first kappa shape index (κ1) is 19.0. The quantitative estimate of drug-likeness (QED) is 0.566. The number of aryl methyl sites for hydroxylation is 2. The SMILES string of the molecule is CCc1cccc(C)c1NC(=O)c1ccccc1OCc1ccc(Cl)cc1. The summed E-state index contributed by atoms with van der Waals surface area (Å²) in [7, 11) is 0. The lowest BCUT2D eigenvalue weighted by Crippen LogP contribution is -2.15. The van der Waals surface area contributed by atoms with Crippen molar-refractivity contribution in [3.8, 4) is 5.75 Å². The molecule has 0 fully saturated rings. The van der Waals surface area contributed by atoms with Crippen LogP contribution < -0.4 is 10.1 Å². The Hall–Kier alpha value is -2.78. The molecule has 138 valence electrons. The molecular formula is C23H22ClNO2. The van der Waals surface area contributed by atoms with Crippen molar-refractivity contribution in [3.63, 3.8) is 0 Å². The summed E-state index contributed by atoms with van der Waals surface area (Å²) in [6.45, 7) is 4.44. The molecule has 0 radical (unpaired) electrons. The van der Waals surface area contributed by atoms with Gasteiger partial charge in [0, 0.05) is 10.7 Å². The molecule has 27 heavy (non-hydrogen) atoms. The van der Waals surface area contributed by atoms with E-state index in [1.807, 2.05) is 67.6 Å². The Kier molecular flexibility index (Phi) is 6.15. The van der Waals surface area contributed by atoms with Crippen LogP contribution in [0.1, 0.15) is 34.0 Å². The van der Waals surface area contributed by atoms with Crippen molar-refractivity contribution in [2.75, 3.05) is 5.32 Å². The molecule has 3 aromatic carbocycles. The summed E-state index contributed by atoms with van der Waals surface area (Å²) in [6.07, 6.45) is 0.853. The number of halogens is 1. The molecule has 4 heteroatoms. The Labute approximate surface area is 164 Å². The summed E-state index contributed by atoms with van der Waals surface area (Å²) in [4.78, 5) is 12.9. The van der Waals surface area contributed by atoms with Crippen LogP contribution in [-0.2, 0) is 13.0 Å². The van der Waals surface area contributed by atoms with Crippen molar-refractivity contribution in [1.29, 1.82) is 0 Å². The highest BCUT2D eigenvalue weighted by Gasteiger charge is 2.15. The predicted octanol–water partition coefficient (Wildman–Crippen LogP) is 6.04. The van der Waals surface area contributed by atoms with Crippen LogP contribution in [0.3, 0.4) is 0 Å². The second-order valence-electron chi connectivity index (χ2n) is 6.33. The van der Waals surface area contributed by atoms with Crippen LogP contribution in [0.25, 0.3) is 0 Å². The number of nitrogens with one attached hydrogen (secondary N) is 1. The topological polar surface area (TPSA) is 38.3 Å². The fourth-order valence-electron chi connectivity index (χ4n) is 2.90. The summed E-state index contributed by atoms with van der Waals surface area (Å²) in [5, 5.41) is 3.74. The average molecular weight is 380 g/mol. The van der Waals surface area contributed by atoms with Crippen LogP contribution in [0.15, 0.2) is 66.7 Å². The van der Waals surface area contributed by atoms with Crippen LogP contribution in [0.2, 0.25) is 5.02 Å². The maximum atomic E-state index is 12.9. The zero-order valence-corrected chi connectivity index (χ0v) is 16.2. The van der Waals surface area contributed by atoms with E-state index in [0.717, 1.165) is 28.8 Å². The van der Waals surface area contributed by atoms with Crippen molar-refractivity contribution in [2.24, 2.45) is 0 Å². The smallest absolute Gasteiger partial charge is 0.259 e. The highest BCUT2D eigenvalue weighted by molar-refractivity contribution is 6.30. The molecule has 0 bridgehead atoms. The molecule has 0 heterocycles. The Morgan fingerprint density at radius 3 is 2.48 bits per heavy atom. The second-order valence-corrected chi connectivity index (χ2v) is 6.76. The Bertz CT molecular complexity index is 935. The first-order valence-electron chi connectivity index (χ1n) is 8.94. The van der Waals surface area contributed by atoms with E-state index in [0.29, 0.717) is 22.9 Å². The third kappa shape index (κ3) is 4.69. The van der Waals surface area contributed by atoms with Crippen LogP contribution >= 0.6 is 11.6 Å². The molecule has 1 N–H and O–H groups in total. The van der Waals surface area contributed by atoms with Gasteiger partial charge in [-0.25, -0.2) is 0 Å². The zero-order chi connectivity index (χ0) is 19.2. The van der Waals surface area contributed by atoms with E-state index in [9.17, 15) is 4.79 Å². The molecule has 0 aliphatic heterocycles. The number of ether oxygens (including phenoxy) is 1. The van der Waals surface area contributed by atoms with Crippen molar-refractivity contribution in [2.45, 2.75) is 26.9 Å². The second kappa shape index (κ2) is 8.74. The van der Waals surface area contributed by atoms with E-state index in [-0.39, 0.29) is 5.91 Å².